The average Bonchev–Trinajstić information content (AvgIpc) is 3.78. The van der Waals surface area contributed by atoms with Crippen LogP contribution in [0.3, 0.4) is 0 Å². The molecule has 1 fully saturated rings. The topological polar surface area (TPSA) is 90.7 Å². The van der Waals surface area contributed by atoms with Crippen LogP contribution < -0.4 is 10.6 Å². The van der Waals surface area contributed by atoms with E-state index in [4.69, 9.17) is 9.97 Å². The summed E-state index contributed by atoms with van der Waals surface area (Å²) in [6.45, 7) is 8.81. The first kappa shape index (κ1) is 32.0. The Bertz CT molecular complexity index is 2060. The van der Waals surface area contributed by atoms with Gasteiger partial charge in [-0.1, -0.05) is 60.7 Å². The van der Waals surface area contributed by atoms with E-state index in [1.165, 1.54) is 12.0 Å². The number of benzene rings is 3. The zero-order chi connectivity index (χ0) is 33.9. The van der Waals surface area contributed by atoms with Crippen LogP contribution in [0, 0.1) is 0 Å². The fraction of sp³-hybridized carbons (Fsp3) is 0.250. The molecule has 9 nitrogen and oxygen atoms in total. The van der Waals surface area contributed by atoms with Crippen LogP contribution in [0.1, 0.15) is 50.3 Å². The summed E-state index contributed by atoms with van der Waals surface area (Å²) in [5.41, 5.74) is 8.05. The van der Waals surface area contributed by atoms with E-state index in [-0.39, 0.29) is 12.1 Å². The minimum atomic E-state index is -0.191. The third kappa shape index (κ3) is 6.89. The van der Waals surface area contributed by atoms with Gasteiger partial charge >= 0.3 is 6.03 Å². The van der Waals surface area contributed by atoms with Crippen molar-refractivity contribution in [3.8, 4) is 22.6 Å². The zero-order valence-corrected chi connectivity index (χ0v) is 28.4. The standard InChI is InChI=1S/C40H42N8O/c1-27(2)47-24-21-32(26-47)30-16-18-33(19-17-30)42-39-41-22-20-35(44-39)38-37(45-36-15-8-9-23-48(36)38)31-13-10-14-34(25-31)43-40(49)46(4)28(3)29-11-6-5-7-12-29/h5-20,22-23,25,27-28,32H,21,24,26H2,1-4H3,(H,43,49)(H,41,42,44)/t28-,32?/m0/s1. The van der Waals surface area contributed by atoms with E-state index in [0.717, 1.165) is 52.6 Å². The Morgan fingerprint density at radius 1 is 0.878 bits per heavy atom. The summed E-state index contributed by atoms with van der Waals surface area (Å²) in [6, 6.07) is 34.6. The van der Waals surface area contributed by atoms with Crippen LogP contribution >= 0.6 is 0 Å². The van der Waals surface area contributed by atoms with Crippen molar-refractivity contribution in [2.24, 2.45) is 0 Å². The second-order valence-electron chi connectivity index (χ2n) is 13.0. The molecule has 3 aromatic heterocycles. The number of carbonyl (C=O) groups is 1. The van der Waals surface area contributed by atoms with Gasteiger partial charge in [-0.2, -0.15) is 0 Å². The highest BCUT2D eigenvalue weighted by molar-refractivity contribution is 5.91. The maximum absolute atomic E-state index is 13.3. The third-order valence-corrected chi connectivity index (χ3v) is 9.59. The molecule has 0 aliphatic carbocycles. The van der Waals surface area contributed by atoms with Gasteiger partial charge in [0.25, 0.3) is 0 Å². The van der Waals surface area contributed by atoms with Crippen LogP contribution in [0.2, 0.25) is 0 Å². The lowest BCUT2D eigenvalue weighted by Gasteiger charge is -2.25. The van der Waals surface area contributed by atoms with Crippen molar-refractivity contribution < 1.29 is 4.79 Å². The summed E-state index contributed by atoms with van der Waals surface area (Å²) in [5.74, 6) is 1.07. The largest absolute Gasteiger partial charge is 0.324 e. The van der Waals surface area contributed by atoms with Gasteiger partial charge in [0.05, 0.1) is 23.1 Å². The number of carbonyl (C=O) groups excluding carboxylic acids is 1. The van der Waals surface area contributed by atoms with Gasteiger partial charge in [0, 0.05) is 49.0 Å². The summed E-state index contributed by atoms with van der Waals surface area (Å²) in [5, 5.41) is 6.48. The molecule has 6 aromatic rings. The lowest BCUT2D eigenvalue weighted by atomic mass is 9.98. The van der Waals surface area contributed by atoms with Gasteiger partial charge in [-0.3, -0.25) is 4.40 Å². The first-order valence-electron chi connectivity index (χ1n) is 16.9. The summed E-state index contributed by atoms with van der Waals surface area (Å²) in [7, 11) is 1.81. The second kappa shape index (κ2) is 13.9. The van der Waals surface area contributed by atoms with Crippen LogP contribution in [-0.4, -0.2) is 61.4 Å². The van der Waals surface area contributed by atoms with Crippen LogP contribution in [0.5, 0.6) is 0 Å². The van der Waals surface area contributed by atoms with Crippen LogP contribution in [0.25, 0.3) is 28.3 Å². The van der Waals surface area contributed by atoms with E-state index < -0.39 is 0 Å². The molecule has 1 saturated heterocycles. The lowest BCUT2D eigenvalue weighted by Crippen LogP contribution is -2.33. The van der Waals surface area contributed by atoms with Gasteiger partial charge in [-0.05, 0) is 93.2 Å². The summed E-state index contributed by atoms with van der Waals surface area (Å²) < 4.78 is 2.04. The van der Waals surface area contributed by atoms with Crippen molar-refractivity contribution in [3.63, 3.8) is 0 Å². The van der Waals surface area contributed by atoms with E-state index in [9.17, 15) is 4.79 Å². The molecule has 1 unspecified atom stereocenters. The highest BCUT2D eigenvalue weighted by atomic mass is 16.2. The summed E-state index contributed by atoms with van der Waals surface area (Å²) >= 11 is 0. The SMILES string of the molecule is CC(C)N1CCC(c2ccc(Nc3nccc(-c4c(-c5cccc(NC(=O)N(C)[C@@H](C)c6ccccc6)c5)nc5ccccn45)n3)cc2)C1. The number of imidazole rings is 1. The number of nitrogens with zero attached hydrogens (tertiary/aromatic N) is 6. The molecule has 2 atom stereocenters. The van der Waals surface area contributed by atoms with Gasteiger partial charge in [-0.15, -0.1) is 0 Å². The van der Waals surface area contributed by atoms with E-state index in [0.29, 0.717) is 23.6 Å². The number of hydrogen-bond acceptors (Lipinski definition) is 6. The van der Waals surface area contributed by atoms with Crippen molar-refractivity contribution in [1.29, 1.82) is 0 Å². The van der Waals surface area contributed by atoms with Gasteiger partial charge in [0.1, 0.15) is 5.65 Å². The van der Waals surface area contributed by atoms with Crippen molar-refractivity contribution >= 4 is 29.0 Å². The molecule has 7 rings (SSSR count). The number of fused-ring (bicyclic) bond motifs is 1. The van der Waals surface area contributed by atoms with Crippen molar-refractivity contribution in [3.05, 3.63) is 127 Å². The molecule has 248 valence electrons. The fourth-order valence-corrected chi connectivity index (χ4v) is 6.58. The lowest BCUT2D eigenvalue weighted by molar-refractivity contribution is 0.208. The summed E-state index contributed by atoms with van der Waals surface area (Å²) in [4.78, 5) is 32.0. The summed E-state index contributed by atoms with van der Waals surface area (Å²) in [6.07, 6.45) is 4.95. The van der Waals surface area contributed by atoms with Gasteiger partial charge in [0.2, 0.25) is 5.95 Å². The predicted molar refractivity (Wildman–Crippen MR) is 197 cm³/mol. The second-order valence-corrected chi connectivity index (χ2v) is 13.0. The molecule has 3 aromatic carbocycles. The molecular formula is C40H42N8O. The number of urea groups is 1. The Hall–Kier alpha value is -5.54. The fourth-order valence-electron chi connectivity index (χ4n) is 6.58. The van der Waals surface area contributed by atoms with Crippen LogP contribution in [-0.2, 0) is 0 Å². The molecule has 2 N–H and O–H groups in total. The normalized spacial score (nSPS) is 15.4. The Kier molecular flexibility index (Phi) is 9.09. The van der Waals surface area contributed by atoms with Gasteiger partial charge in [0.15, 0.2) is 0 Å². The number of pyridine rings is 1. The van der Waals surface area contributed by atoms with Crippen LogP contribution in [0.4, 0.5) is 22.1 Å². The Morgan fingerprint density at radius 3 is 2.45 bits per heavy atom. The molecular weight excluding hydrogens is 608 g/mol. The number of hydrogen-bond donors (Lipinski definition) is 2. The molecule has 9 heteroatoms. The monoisotopic (exact) mass is 650 g/mol. The zero-order valence-electron chi connectivity index (χ0n) is 28.4. The molecule has 4 heterocycles. The van der Waals surface area contributed by atoms with Crippen LogP contribution in [0.15, 0.2) is 116 Å². The van der Waals surface area contributed by atoms with Gasteiger partial charge in [-0.25, -0.2) is 19.7 Å². The highest BCUT2D eigenvalue weighted by Gasteiger charge is 2.25. The van der Waals surface area contributed by atoms with E-state index in [1.807, 2.05) is 103 Å². The Morgan fingerprint density at radius 2 is 1.67 bits per heavy atom. The molecule has 0 saturated carbocycles. The number of rotatable bonds is 9. The molecule has 2 amide bonds. The maximum Gasteiger partial charge on any atom is 0.322 e. The molecule has 49 heavy (non-hydrogen) atoms. The number of anilines is 3. The van der Waals surface area contributed by atoms with E-state index >= 15 is 0 Å². The minimum Gasteiger partial charge on any atom is -0.324 e. The molecule has 0 radical (unpaired) electrons. The number of likely N-dealkylation sites (tertiary alicyclic amines) is 1. The molecule has 0 spiro atoms. The van der Waals surface area contributed by atoms with E-state index in [2.05, 4.69) is 58.6 Å². The quantitative estimate of drug-likeness (QED) is 0.163. The smallest absolute Gasteiger partial charge is 0.322 e. The van der Waals surface area contributed by atoms with Crippen molar-refractivity contribution in [1.82, 2.24) is 29.2 Å². The van der Waals surface area contributed by atoms with Crippen molar-refractivity contribution in [2.45, 2.75) is 45.2 Å². The first-order valence-corrected chi connectivity index (χ1v) is 16.9. The van der Waals surface area contributed by atoms with Gasteiger partial charge < -0.3 is 20.4 Å². The predicted octanol–water partition coefficient (Wildman–Crippen LogP) is 8.62. The van der Waals surface area contributed by atoms with E-state index in [1.54, 1.807) is 11.1 Å². The maximum atomic E-state index is 13.3. The molecule has 0 bridgehead atoms. The Labute approximate surface area is 287 Å². The van der Waals surface area contributed by atoms with Crippen molar-refractivity contribution in [2.75, 3.05) is 30.8 Å². The highest BCUT2D eigenvalue weighted by Crippen LogP contribution is 2.34. The molecule has 1 aliphatic rings. The first-order chi connectivity index (χ1) is 23.8. The third-order valence-electron chi connectivity index (χ3n) is 9.59. The Balaban J connectivity index is 1.13. The number of amides is 2. The molecule has 1 aliphatic heterocycles. The average molecular weight is 651 g/mol. The minimum absolute atomic E-state index is 0.0871. The number of nitrogens with one attached hydrogen (secondary N) is 2. The number of aromatic nitrogens is 4.